The highest BCUT2D eigenvalue weighted by molar-refractivity contribution is 8.14. The van der Waals surface area contributed by atoms with Crippen molar-refractivity contribution >= 4 is 40.3 Å². The SMILES string of the molecule is N#CCSC1=Nc2ccccc2C2=N[C@@H](CC(=O)NCc3ccc4c(c3)OCO4)C(=O)N12. The fourth-order valence-corrected chi connectivity index (χ4v) is 4.29. The Morgan fingerprint density at radius 2 is 2.09 bits per heavy atom. The van der Waals surface area contributed by atoms with E-state index in [1.807, 2.05) is 42.5 Å². The number of hydrogen-bond acceptors (Lipinski definition) is 8. The molecule has 32 heavy (non-hydrogen) atoms. The Balaban J connectivity index is 1.30. The molecule has 0 bridgehead atoms. The van der Waals surface area contributed by atoms with Crippen molar-refractivity contribution in [2.24, 2.45) is 9.98 Å². The minimum absolute atomic E-state index is 0.0816. The number of thioether (sulfide) groups is 1. The zero-order valence-electron chi connectivity index (χ0n) is 16.8. The van der Waals surface area contributed by atoms with Gasteiger partial charge in [-0.1, -0.05) is 30.0 Å². The number of amides is 2. The summed E-state index contributed by atoms with van der Waals surface area (Å²) >= 11 is 1.17. The number of fused-ring (bicyclic) bond motifs is 4. The molecule has 0 aromatic heterocycles. The second kappa shape index (κ2) is 8.36. The van der Waals surface area contributed by atoms with E-state index in [9.17, 15) is 9.59 Å². The molecule has 0 saturated carbocycles. The second-order valence-corrected chi connectivity index (χ2v) is 8.11. The van der Waals surface area contributed by atoms with Crippen molar-refractivity contribution in [3.8, 4) is 17.6 Å². The molecule has 2 aromatic rings. The predicted octanol–water partition coefficient (Wildman–Crippen LogP) is 2.34. The molecule has 0 unspecified atom stereocenters. The zero-order valence-corrected chi connectivity index (χ0v) is 17.6. The number of nitriles is 1. The van der Waals surface area contributed by atoms with Gasteiger partial charge in [-0.25, -0.2) is 9.89 Å². The van der Waals surface area contributed by atoms with E-state index in [4.69, 9.17) is 14.7 Å². The third-order valence-electron chi connectivity index (χ3n) is 5.12. The summed E-state index contributed by atoms with van der Waals surface area (Å²) in [5, 5.41) is 12.2. The van der Waals surface area contributed by atoms with Crippen LogP contribution in [0.25, 0.3) is 0 Å². The van der Waals surface area contributed by atoms with E-state index in [1.54, 1.807) is 6.07 Å². The van der Waals surface area contributed by atoms with Crippen LogP contribution in [0.3, 0.4) is 0 Å². The molecule has 0 spiro atoms. The summed E-state index contributed by atoms with van der Waals surface area (Å²) in [6, 6.07) is 14.0. The van der Waals surface area contributed by atoms with Crippen LogP contribution in [-0.2, 0) is 16.1 Å². The molecule has 0 radical (unpaired) electrons. The van der Waals surface area contributed by atoms with E-state index in [1.165, 1.54) is 16.7 Å². The van der Waals surface area contributed by atoms with Crippen molar-refractivity contribution in [2.75, 3.05) is 12.5 Å². The molecule has 9 nitrogen and oxygen atoms in total. The third kappa shape index (κ3) is 3.67. The lowest BCUT2D eigenvalue weighted by Gasteiger charge is -2.25. The molecule has 0 saturated heterocycles. The monoisotopic (exact) mass is 447 g/mol. The topological polar surface area (TPSA) is 116 Å². The number of aliphatic imine (C=N–C) groups is 2. The number of carbonyl (C=O) groups excluding carboxylic acids is 2. The molecule has 160 valence electrons. The van der Waals surface area contributed by atoms with E-state index in [0.29, 0.717) is 34.7 Å². The van der Waals surface area contributed by atoms with Crippen LogP contribution in [0.2, 0.25) is 0 Å². The van der Waals surface area contributed by atoms with Crippen LogP contribution in [0.5, 0.6) is 11.5 Å². The molecule has 2 aromatic carbocycles. The average Bonchev–Trinajstić information content (AvgIpc) is 3.40. The van der Waals surface area contributed by atoms with Gasteiger partial charge in [-0.3, -0.25) is 14.6 Å². The molecule has 3 aliphatic heterocycles. The number of ether oxygens (including phenoxy) is 2. The summed E-state index contributed by atoms with van der Waals surface area (Å²) in [4.78, 5) is 36.1. The molecule has 3 aliphatic rings. The lowest BCUT2D eigenvalue weighted by atomic mass is 10.1. The Kier molecular flexibility index (Phi) is 5.25. The molecular weight excluding hydrogens is 430 g/mol. The Bertz CT molecular complexity index is 1220. The van der Waals surface area contributed by atoms with Crippen LogP contribution in [0, 0.1) is 11.3 Å². The third-order valence-corrected chi connectivity index (χ3v) is 5.92. The van der Waals surface area contributed by atoms with E-state index in [0.717, 1.165) is 11.1 Å². The number of amidine groups is 2. The van der Waals surface area contributed by atoms with Crippen molar-refractivity contribution in [3.63, 3.8) is 0 Å². The quantitative estimate of drug-likeness (QED) is 0.752. The highest BCUT2D eigenvalue weighted by atomic mass is 32.2. The Hall–Kier alpha value is -3.84. The number of nitrogens with zero attached hydrogens (tertiary/aromatic N) is 4. The van der Waals surface area contributed by atoms with Crippen molar-refractivity contribution in [1.82, 2.24) is 10.2 Å². The highest BCUT2D eigenvalue weighted by Crippen LogP contribution is 2.34. The maximum absolute atomic E-state index is 13.1. The largest absolute Gasteiger partial charge is 0.454 e. The Morgan fingerprint density at radius 1 is 1.25 bits per heavy atom. The maximum atomic E-state index is 13.1. The smallest absolute Gasteiger partial charge is 0.259 e. The van der Waals surface area contributed by atoms with Crippen LogP contribution in [-0.4, -0.2) is 46.3 Å². The van der Waals surface area contributed by atoms with Gasteiger partial charge >= 0.3 is 0 Å². The van der Waals surface area contributed by atoms with Crippen molar-refractivity contribution < 1.29 is 19.1 Å². The summed E-state index contributed by atoms with van der Waals surface area (Å²) in [5.41, 5.74) is 2.27. The van der Waals surface area contributed by atoms with Gasteiger partial charge in [-0.05, 0) is 29.8 Å². The molecule has 0 fully saturated rings. The molecule has 3 heterocycles. The number of hydrogen-bond donors (Lipinski definition) is 1. The minimum atomic E-state index is -0.846. The summed E-state index contributed by atoms with van der Waals surface area (Å²) in [6.07, 6.45) is -0.0816. The van der Waals surface area contributed by atoms with Crippen LogP contribution in [0.15, 0.2) is 52.4 Å². The Labute approximate surface area is 187 Å². The summed E-state index contributed by atoms with van der Waals surface area (Å²) < 4.78 is 10.6. The van der Waals surface area contributed by atoms with E-state index in [2.05, 4.69) is 15.3 Å². The fourth-order valence-electron chi connectivity index (χ4n) is 3.63. The standard InChI is InChI=1S/C22H17N5O4S/c23-7-8-32-22-26-15-4-2-1-3-14(15)20-25-16(21(29)27(20)22)10-19(28)24-11-13-5-6-17-18(9-13)31-12-30-17/h1-6,9,16H,8,10-12H2,(H,24,28)/t16-/m0/s1. The molecule has 10 heteroatoms. The molecule has 1 N–H and O–H groups in total. The van der Waals surface area contributed by atoms with Gasteiger partial charge in [-0.2, -0.15) is 5.26 Å². The van der Waals surface area contributed by atoms with Gasteiger partial charge in [0.25, 0.3) is 5.91 Å². The summed E-state index contributed by atoms with van der Waals surface area (Å²) in [5.74, 6) is 1.33. The second-order valence-electron chi connectivity index (χ2n) is 7.17. The first-order valence-electron chi connectivity index (χ1n) is 9.89. The van der Waals surface area contributed by atoms with Gasteiger partial charge in [0.1, 0.15) is 11.9 Å². The molecule has 1 atom stereocenters. The average molecular weight is 447 g/mol. The first-order valence-corrected chi connectivity index (χ1v) is 10.9. The van der Waals surface area contributed by atoms with Crippen LogP contribution >= 0.6 is 11.8 Å². The van der Waals surface area contributed by atoms with E-state index in [-0.39, 0.29) is 30.8 Å². The molecule has 0 aliphatic carbocycles. The van der Waals surface area contributed by atoms with Crippen LogP contribution in [0.1, 0.15) is 17.5 Å². The molecule has 5 rings (SSSR count). The predicted molar refractivity (Wildman–Crippen MR) is 118 cm³/mol. The van der Waals surface area contributed by atoms with Gasteiger partial charge < -0.3 is 14.8 Å². The fraction of sp³-hybridized carbons (Fsp3) is 0.227. The van der Waals surface area contributed by atoms with E-state index < -0.39 is 6.04 Å². The zero-order chi connectivity index (χ0) is 22.1. The lowest BCUT2D eigenvalue weighted by Crippen LogP contribution is -2.42. The van der Waals surface area contributed by atoms with Gasteiger partial charge in [0.2, 0.25) is 12.7 Å². The normalized spacial score (nSPS) is 17.8. The number of rotatable bonds is 5. The van der Waals surface area contributed by atoms with Gasteiger partial charge in [0, 0.05) is 12.1 Å². The summed E-state index contributed by atoms with van der Waals surface area (Å²) in [7, 11) is 0. The van der Waals surface area contributed by atoms with Gasteiger partial charge in [0.15, 0.2) is 16.7 Å². The highest BCUT2D eigenvalue weighted by Gasteiger charge is 2.42. The number of benzene rings is 2. The van der Waals surface area contributed by atoms with E-state index >= 15 is 0 Å². The van der Waals surface area contributed by atoms with Crippen LogP contribution in [0.4, 0.5) is 5.69 Å². The first-order chi connectivity index (χ1) is 15.6. The number of carbonyl (C=O) groups is 2. The Morgan fingerprint density at radius 3 is 2.97 bits per heavy atom. The molecular formula is C22H17N5O4S. The summed E-state index contributed by atoms with van der Waals surface area (Å²) in [6.45, 7) is 0.483. The number of para-hydroxylation sites is 1. The first kappa shape index (κ1) is 20.1. The van der Waals surface area contributed by atoms with Crippen LogP contribution < -0.4 is 14.8 Å². The maximum Gasteiger partial charge on any atom is 0.259 e. The van der Waals surface area contributed by atoms with Crippen molar-refractivity contribution in [2.45, 2.75) is 19.0 Å². The molecule has 2 amide bonds. The number of nitrogens with one attached hydrogen (secondary N) is 1. The lowest BCUT2D eigenvalue weighted by molar-refractivity contribution is -0.128. The van der Waals surface area contributed by atoms with Crippen molar-refractivity contribution in [1.29, 1.82) is 5.26 Å². The van der Waals surface area contributed by atoms with Gasteiger partial charge in [-0.15, -0.1) is 0 Å². The minimum Gasteiger partial charge on any atom is -0.454 e. The van der Waals surface area contributed by atoms with Gasteiger partial charge in [0.05, 0.1) is 23.9 Å². The van der Waals surface area contributed by atoms with Crippen molar-refractivity contribution in [3.05, 3.63) is 53.6 Å².